The molecule has 1 aliphatic heterocycles. The van der Waals surface area contributed by atoms with Gasteiger partial charge in [-0.05, 0) is 45.1 Å². The van der Waals surface area contributed by atoms with Gasteiger partial charge >= 0.3 is 0 Å². The SMILES string of the molecule is CC1(C)Oc2ccc(NCc3csc(Br)c3)cc2O1. The summed E-state index contributed by atoms with van der Waals surface area (Å²) in [7, 11) is 0. The van der Waals surface area contributed by atoms with Crippen molar-refractivity contribution in [3.63, 3.8) is 0 Å². The molecule has 5 heteroatoms. The van der Waals surface area contributed by atoms with Crippen LogP contribution in [0.4, 0.5) is 5.69 Å². The first-order valence-corrected chi connectivity index (χ1v) is 7.68. The van der Waals surface area contributed by atoms with Crippen LogP contribution in [0.2, 0.25) is 0 Å². The van der Waals surface area contributed by atoms with E-state index >= 15 is 0 Å². The van der Waals surface area contributed by atoms with Gasteiger partial charge in [0.2, 0.25) is 5.79 Å². The Kier molecular flexibility index (Phi) is 3.19. The minimum atomic E-state index is -0.570. The maximum atomic E-state index is 5.72. The second-order valence-electron chi connectivity index (χ2n) is 4.88. The fourth-order valence-corrected chi connectivity index (χ4v) is 3.18. The van der Waals surface area contributed by atoms with Gasteiger partial charge < -0.3 is 14.8 Å². The van der Waals surface area contributed by atoms with Crippen LogP contribution >= 0.6 is 27.3 Å². The Morgan fingerprint density at radius 3 is 2.74 bits per heavy atom. The molecule has 100 valence electrons. The van der Waals surface area contributed by atoms with Gasteiger partial charge in [-0.3, -0.25) is 0 Å². The van der Waals surface area contributed by atoms with Crippen LogP contribution in [0.1, 0.15) is 19.4 Å². The van der Waals surface area contributed by atoms with Crippen molar-refractivity contribution in [1.82, 2.24) is 0 Å². The van der Waals surface area contributed by atoms with Gasteiger partial charge in [-0.25, -0.2) is 0 Å². The predicted octanol–water partition coefficient (Wildman–Crippen LogP) is 4.63. The Morgan fingerprint density at radius 2 is 2.00 bits per heavy atom. The number of hydrogen-bond donors (Lipinski definition) is 1. The van der Waals surface area contributed by atoms with E-state index in [0.29, 0.717) is 0 Å². The number of rotatable bonds is 3. The summed E-state index contributed by atoms with van der Waals surface area (Å²) in [6, 6.07) is 8.04. The molecular formula is C14H14BrNO2S. The fraction of sp³-hybridized carbons (Fsp3) is 0.286. The Hall–Kier alpha value is -1.20. The van der Waals surface area contributed by atoms with Crippen LogP contribution in [0.15, 0.2) is 33.4 Å². The monoisotopic (exact) mass is 339 g/mol. The third kappa shape index (κ3) is 2.87. The first-order valence-electron chi connectivity index (χ1n) is 6.01. The van der Waals surface area contributed by atoms with Crippen molar-refractivity contribution in [2.24, 2.45) is 0 Å². The van der Waals surface area contributed by atoms with E-state index < -0.39 is 5.79 Å². The van der Waals surface area contributed by atoms with Gasteiger partial charge in [-0.2, -0.15) is 0 Å². The van der Waals surface area contributed by atoms with E-state index in [1.54, 1.807) is 11.3 Å². The molecule has 0 amide bonds. The van der Waals surface area contributed by atoms with Crippen LogP contribution in [0.25, 0.3) is 0 Å². The molecule has 0 aliphatic carbocycles. The maximum absolute atomic E-state index is 5.72. The second kappa shape index (κ2) is 4.72. The van der Waals surface area contributed by atoms with Crippen LogP contribution in [-0.4, -0.2) is 5.79 Å². The molecule has 2 aromatic rings. The summed E-state index contributed by atoms with van der Waals surface area (Å²) in [4.78, 5) is 0. The van der Waals surface area contributed by atoms with E-state index in [2.05, 4.69) is 32.7 Å². The van der Waals surface area contributed by atoms with Crippen molar-refractivity contribution >= 4 is 33.0 Å². The fourth-order valence-electron chi connectivity index (χ4n) is 1.98. The van der Waals surface area contributed by atoms with Crippen molar-refractivity contribution in [2.75, 3.05) is 5.32 Å². The number of halogens is 1. The van der Waals surface area contributed by atoms with E-state index in [0.717, 1.165) is 27.5 Å². The number of ether oxygens (including phenoxy) is 2. The van der Waals surface area contributed by atoms with Crippen molar-refractivity contribution in [3.8, 4) is 11.5 Å². The van der Waals surface area contributed by atoms with Crippen molar-refractivity contribution in [2.45, 2.75) is 26.2 Å². The van der Waals surface area contributed by atoms with E-state index in [1.807, 2.05) is 32.0 Å². The zero-order valence-corrected chi connectivity index (χ0v) is 13.1. The van der Waals surface area contributed by atoms with Gasteiger partial charge in [-0.15, -0.1) is 11.3 Å². The molecule has 0 atom stereocenters. The molecule has 1 N–H and O–H groups in total. The molecule has 0 radical (unpaired) electrons. The van der Waals surface area contributed by atoms with Crippen LogP contribution in [0.5, 0.6) is 11.5 Å². The predicted molar refractivity (Wildman–Crippen MR) is 81.1 cm³/mol. The van der Waals surface area contributed by atoms with Crippen LogP contribution in [0.3, 0.4) is 0 Å². The molecule has 19 heavy (non-hydrogen) atoms. The van der Waals surface area contributed by atoms with Gasteiger partial charge in [0.1, 0.15) is 0 Å². The molecule has 0 bridgehead atoms. The lowest BCUT2D eigenvalue weighted by Gasteiger charge is -2.16. The average molecular weight is 340 g/mol. The summed E-state index contributed by atoms with van der Waals surface area (Å²) in [5, 5.41) is 5.51. The molecule has 3 rings (SSSR count). The molecule has 1 aromatic carbocycles. The Balaban J connectivity index is 1.70. The second-order valence-corrected chi connectivity index (χ2v) is 7.17. The van der Waals surface area contributed by atoms with Gasteiger partial charge in [0, 0.05) is 32.1 Å². The number of fused-ring (bicyclic) bond motifs is 1. The summed E-state index contributed by atoms with van der Waals surface area (Å²) in [5.41, 5.74) is 2.29. The number of nitrogens with one attached hydrogen (secondary N) is 1. The minimum absolute atomic E-state index is 0.570. The smallest absolute Gasteiger partial charge is 0.246 e. The highest BCUT2D eigenvalue weighted by atomic mass is 79.9. The third-order valence-corrected chi connectivity index (χ3v) is 4.33. The normalized spacial score (nSPS) is 15.5. The molecule has 0 saturated heterocycles. The van der Waals surface area contributed by atoms with Crippen molar-refractivity contribution < 1.29 is 9.47 Å². The molecule has 0 fully saturated rings. The molecule has 0 unspecified atom stereocenters. The number of thiophene rings is 1. The number of anilines is 1. The van der Waals surface area contributed by atoms with Crippen molar-refractivity contribution in [3.05, 3.63) is 39.0 Å². The Morgan fingerprint density at radius 1 is 1.21 bits per heavy atom. The summed E-state index contributed by atoms with van der Waals surface area (Å²) in [6.45, 7) is 4.61. The minimum Gasteiger partial charge on any atom is -0.449 e. The average Bonchev–Trinajstić information content (AvgIpc) is 2.87. The third-order valence-electron chi connectivity index (χ3n) is 2.77. The number of benzene rings is 1. The maximum Gasteiger partial charge on any atom is 0.246 e. The molecule has 0 spiro atoms. The van der Waals surface area contributed by atoms with Crippen LogP contribution in [0, 0.1) is 0 Å². The topological polar surface area (TPSA) is 30.5 Å². The highest BCUT2D eigenvalue weighted by Crippen LogP contribution is 2.40. The first kappa shape index (κ1) is 12.8. The Bertz CT molecular complexity index is 609. The van der Waals surface area contributed by atoms with E-state index in [9.17, 15) is 0 Å². The molecule has 1 aliphatic rings. The highest BCUT2D eigenvalue weighted by molar-refractivity contribution is 9.11. The van der Waals surface area contributed by atoms with E-state index in [1.165, 1.54) is 5.56 Å². The van der Waals surface area contributed by atoms with Crippen LogP contribution < -0.4 is 14.8 Å². The highest BCUT2D eigenvalue weighted by Gasteiger charge is 2.31. The zero-order chi connectivity index (χ0) is 13.5. The Labute approximate surface area is 124 Å². The largest absolute Gasteiger partial charge is 0.449 e. The summed E-state index contributed by atoms with van der Waals surface area (Å²) >= 11 is 5.16. The molecule has 1 aromatic heterocycles. The lowest BCUT2D eigenvalue weighted by atomic mass is 10.2. The van der Waals surface area contributed by atoms with Gasteiger partial charge in [0.15, 0.2) is 11.5 Å². The summed E-state index contributed by atoms with van der Waals surface area (Å²) in [6.07, 6.45) is 0. The van der Waals surface area contributed by atoms with Gasteiger partial charge in [0.05, 0.1) is 3.79 Å². The first-order chi connectivity index (χ1) is 9.02. The van der Waals surface area contributed by atoms with Crippen LogP contribution in [-0.2, 0) is 6.54 Å². The van der Waals surface area contributed by atoms with Gasteiger partial charge in [0.25, 0.3) is 0 Å². The standard InChI is InChI=1S/C14H14BrNO2S/c1-14(2)17-11-4-3-10(6-12(11)18-14)16-7-9-5-13(15)19-8-9/h3-6,8,16H,7H2,1-2H3. The molecular weight excluding hydrogens is 326 g/mol. The molecule has 2 heterocycles. The van der Waals surface area contributed by atoms with E-state index in [4.69, 9.17) is 9.47 Å². The summed E-state index contributed by atoms with van der Waals surface area (Å²) < 4.78 is 12.5. The van der Waals surface area contributed by atoms with Crippen molar-refractivity contribution in [1.29, 1.82) is 0 Å². The quantitative estimate of drug-likeness (QED) is 0.884. The lowest BCUT2D eigenvalue weighted by molar-refractivity contribution is -0.0431. The molecule has 3 nitrogen and oxygen atoms in total. The van der Waals surface area contributed by atoms with E-state index in [-0.39, 0.29) is 0 Å². The molecule has 0 saturated carbocycles. The van der Waals surface area contributed by atoms with Gasteiger partial charge in [-0.1, -0.05) is 0 Å². The summed E-state index contributed by atoms with van der Waals surface area (Å²) in [5.74, 6) is 1.02. The number of hydrogen-bond acceptors (Lipinski definition) is 4. The lowest BCUT2D eigenvalue weighted by Crippen LogP contribution is -2.29. The zero-order valence-electron chi connectivity index (χ0n) is 10.7.